The first kappa shape index (κ1) is 11.0. The Morgan fingerprint density at radius 3 is 2.75 bits per heavy atom. The lowest BCUT2D eigenvalue weighted by Crippen LogP contribution is -2.05. The molecule has 2 N–H and O–H groups in total. The van der Waals surface area contributed by atoms with Crippen LogP contribution in [0.3, 0.4) is 0 Å². The van der Waals surface area contributed by atoms with Gasteiger partial charge in [-0.3, -0.25) is 0 Å². The topological polar surface area (TPSA) is 66.0 Å². The van der Waals surface area contributed by atoms with Crippen LogP contribution >= 0.6 is 11.6 Å². The summed E-state index contributed by atoms with van der Waals surface area (Å²) in [6.45, 7) is 3.89. The third-order valence-corrected chi connectivity index (χ3v) is 2.67. The van der Waals surface area contributed by atoms with Gasteiger partial charge in [0, 0.05) is 0 Å². The summed E-state index contributed by atoms with van der Waals surface area (Å²) in [6, 6.07) is 3.60. The van der Waals surface area contributed by atoms with Gasteiger partial charge in [0.15, 0.2) is 0 Å². The number of carboxylic acids is 1. The molecule has 0 amide bonds. The van der Waals surface area contributed by atoms with Gasteiger partial charge < -0.3 is 10.1 Å². The number of aromatic nitrogens is 2. The second-order valence-corrected chi connectivity index (χ2v) is 4.27. The second kappa shape index (κ2) is 3.79. The van der Waals surface area contributed by atoms with Gasteiger partial charge in [-0.2, -0.15) is 0 Å². The monoisotopic (exact) mass is 238 g/mol. The van der Waals surface area contributed by atoms with Crippen LogP contribution in [0.2, 0.25) is 5.28 Å². The van der Waals surface area contributed by atoms with Crippen molar-refractivity contribution in [2.75, 3.05) is 0 Å². The molecule has 0 atom stereocenters. The summed E-state index contributed by atoms with van der Waals surface area (Å²) in [5, 5.41) is 9.43. The number of benzene rings is 1. The summed E-state index contributed by atoms with van der Waals surface area (Å²) < 4.78 is 0. The van der Waals surface area contributed by atoms with E-state index in [1.54, 1.807) is 12.1 Å². The van der Waals surface area contributed by atoms with Crippen molar-refractivity contribution in [3.8, 4) is 0 Å². The van der Waals surface area contributed by atoms with Crippen LogP contribution in [0.25, 0.3) is 11.0 Å². The molecule has 2 rings (SSSR count). The third kappa shape index (κ3) is 1.65. The molecule has 0 saturated heterocycles. The molecule has 0 radical (unpaired) electrons. The molecule has 0 fully saturated rings. The molecule has 0 aliphatic carbocycles. The van der Waals surface area contributed by atoms with E-state index >= 15 is 0 Å². The number of carboxylic acid groups (broad SMARTS) is 1. The van der Waals surface area contributed by atoms with Crippen LogP contribution in [-0.2, 0) is 0 Å². The highest BCUT2D eigenvalue weighted by Crippen LogP contribution is 2.27. The van der Waals surface area contributed by atoms with Gasteiger partial charge in [0.2, 0.25) is 5.28 Å². The fraction of sp³-hybridized carbons (Fsp3) is 0.273. The Hall–Kier alpha value is -1.55. The Morgan fingerprint density at radius 2 is 2.19 bits per heavy atom. The van der Waals surface area contributed by atoms with Crippen molar-refractivity contribution in [3.05, 3.63) is 28.5 Å². The average Bonchev–Trinajstić information content (AvgIpc) is 2.55. The zero-order valence-corrected chi connectivity index (χ0v) is 9.67. The summed E-state index contributed by atoms with van der Waals surface area (Å²) in [7, 11) is 0. The number of nitrogens with zero attached hydrogens (tertiary/aromatic N) is 1. The Bertz CT molecular complexity index is 560. The lowest BCUT2D eigenvalue weighted by atomic mass is 9.96. The van der Waals surface area contributed by atoms with Crippen LogP contribution < -0.4 is 0 Å². The van der Waals surface area contributed by atoms with Crippen LogP contribution in [0, 0.1) is 0 Å². The standard InChI is InChI=1S/C11H11ClN2O2/c1-5(2)6-3-4-7-9(8(6)10(15)16)14-11(12)13-7/h3-5H,1-2H3,(H,13,14)(H,15,16). The van der Waals surface area contributed by atoms with E-state index in [0.29, 0.717) is 11.0 Å². The fourth-order valence-electron chi connectivity index (χ4n) is 1.77. The molecule has 0 unspecified atom stereocenters. The molecule has 1 aromatic carbocycles. The van der Waals surface area contributed by atoms with Gasteiger partial charge in [-0.15, -0.1) is 0 Å². The van der Waals surface area contributed by atoms with Gasteiger partial charge in [0.05, 0.1) is 11.1 Å². The van der Waals surface area contributed by atoms with Crippen LogP contribution in [0.15, 0.2) is 12.1 Å². The first-order valence-corrected chi connectivity index (χ1v) is 5.30. The smallest absolute Gasteiger partial charge is 0.338 e. The Balaban J connectivity index is 2.83. The van der Waals surface area contributed by atoms with Gasteiger partial charge in [-0.05, 0) is 29.1 Å². The molecule has 0 bridgehead atoms. The normalized spacial score (nSPS) is 11.2. The van der Waals surface area contributed by atoms with E-state index in [-0.39, 0.29) is 16.8 Å². The predicted octanol–water partition coefficient (Wildman–Crippen LogP) is 3.04. The number of carbonyl (C=O) groups is 1. The summed E-state index contributed by atoms with van der Waals surface area (Å²) in [6.07, 6.45) is 0. The summed E-state index contributed by atoms with van der Waals surface area (Å²) in [5.74, 6) is -0.844. The minimum absolute atomic E-state index is 0.131. The molecule has 2 aromatic rings. The number of nitrogens with one attached hydrogen (secondary N) is 1. The minimum atomic E-state index is -0.975. The van der Waals surface area contributed by atoms with Crippen LogP contribution in [0.4, 0.5) is 0 Å². The lowest BCUT2D eigenvalue weighted by molar-refractivity contribution is 0.0697. The highest BCUT2D eigenvalue weighted by molar-refractivity contribution is 6.29. The van der Waals surface area contributed by atoms with Gasteiger partial charge >= 0.3 is 5.97 Å². The molecule has 0 spiro atoms. The third-order valence-electron chi connectivity index (χ3n) is 2.49. The average molecular weight is 239 g/mol. The number of imidazole rings is 1. The molecule has 84 valence electrons. The number of aromatic amines is 1. The molecular formula is C11H11ClN2O2. The van der Waals surface area contributed by atoms with Gasteiger partial charge in [0.25, 0.3) is 0 Å². The van der Waals surface area contributed by atoms with Crippen molar-refractivity contribution < 1.29 is 9.90 Å². The number of halogens is 1. The fourth-order valence-corrected chi connectivity index (χ4v) is 1.95. The highest BCUT2D eigenvalue weighted by atomic mass is 35.5. The van der Waals surface area contributed by atoms with E-state index in [1.165, 1.54) is 0 Å². The second-order valence-electron chi connectivity index (χ2n) is 3.91. The molecule has 1 aromatic heterocycles. The van der Waals surface area contributed by atoms with Crippen LogP contribution in [0.1, 0.15) is 35.7 Å². The maximum atomic E-state index is 11.3. The largest absolute Gasteiger partial charge is 0.478 e. The first-order chi connectivity index (χ1) is 7.50. The van der Waals surface area contributed by atoms with E-state index in [2.05, 4.69) is 9.97 Å². The number of fused-ring (bicyclic) bond motifs is 1. The maximum Gasteiger partial charge on any atom is 0.338 e. The van der Waals surface area contributed by atoms with E-state index in [0.717, 1.165) is 5.56 Å². The number of hydrogen-bond donors (Lipinski definition) is 2. The Morgan fingerprint density at radius 1 is 1.50 bits per heavy atom. The van der Waals surface area contributed by atoms with Crippen molar-refractivity contribution in [2.24, 2.45) is 0 Å². The summed E-state index contributed by atoms with van der Waals surface area (Å²) in [4.78, 5) is 18.1. The molecule has 16 heavy (non-hydrogen) atoms. The van der Waals surface area contributed by atoms with Gasteiger partial charge in [0.1, 0.15) is 5.52 Å². The van der Waals surface area contributed by atoms with E-state index in [1.807, 2.05) is 13.8 Å². The summed E-state index contributed by atoms with van der Waals surface area (Å²) >= 11 is 5.73. The van der Waals surface area contributed by atoms with E-state index in [9.17, 15) is 9.90 Å². The van der Waals surface area contributed by atoms with Gasteiger partial charge in [-0.1, -0.05) is 19.9 Å². The number of aromatic carboxylic acids is 1. The van der Waals surface area contributed by atoms with Crippen molar-refractivity contribution in [1.29, 1.82) is 0 Å². The van der Waals surface area contributed by atoms with E-state index in [4.69, 9.17) is 11.6 Å². The number of hydrogen-bond acceptors (Lipinski definition) is 2. The summed E-state index contributed by atoms with van der Waals surface area (Å²) in [5.41, 5.74) is 2.06. The van der Waals surface area contributed by atoms with Crippen molar-refractivity contribution >= 4 is 28.6 Å². The highest BCUT2D eigenvalue weighted by Gasteiger charge is 2.19. The van der Waals surface area contributed by atoms with Crippen LogP contribution in [-0.4, -0.2) is 21.0 Å². The Kier molecular flexibility index (Phi) is 2.59. The van der Waals surface area contributed by atoms with Crippen molar-refractivity contribution in [1.82, 2.24) is 9.97 Å². The molecular weight excluding hydrogens is 228 g/mol. The SMILES string of the molecule is CC(C)c1ccc2[nH]c(Cl)nc2c1C(=O)O. The lowest BCUT2D eigenvalue weighted by Gasteiger charge is -2.09. The maximum absolute atomic E-state index is 11.3. The van der Waals surface area contributed by atoms with E-state index < -0.39 is 5.97 Å². The molecule has 1 heterocycles. The first-order valence-electron chi connectivity index (χ1n) is 4.92. The Labute approximate surface area is 97.3 Å². The molecule has 0 aliphatic rings. The number of H-pyrrole nitrogens is 1. The van der Waals surface area contributed by atoms with Crippen molar-refractivity contribution in [2.45, 2.75) is 19.8 Å². The molecule has 5 heteroatoms. The molecule has 0 aliphatic heterocycles. The molecule has 0 saturated carbocycles. The minimum Gasteiger partial charge on any atom is -0.478 e. The van der Waals surface area contributed by atoms with Crippen LogP contribution in [0.5, 0.6) is 0 Å². The quantitative estimate of drug-likeness (QED) is 0.845. The zero-order valence-electron chi connectivity index (χ0n) is 8.91. The van der Waals surface area contributed by atoms with Gasteiger partial charge in [-0.25, -0.2) is 9.78 Å². The molecule has 4 nitrogen and oxygen atoms in total. The number of rotatable bonds is 2. The van der Waals surface area contributed by atoms with Crippen molar-refractivity contribution in [3.63, 3.8) is 0 Å². The predicted molar refractivity (Wildman–Crippen MR) is 62.2 cm³/mol. The zero-order chi connectivity index (χ0) is 11.9.